The van der Waals surface area contributed by atoms with E-state index >= 15 is 0 Å². The van der Waals surface area contributed by atoms with Crippen LogP contribution in [0.25, 0.3) is 0 Å². The monoisotopic (exact) mass is 495 g/mol. The molecule has 37 heavy (non-hydrogen) atoms. The molecule has 0 bridgehead atoms. The highest BCUT2D eigenvalue weighted by Crippen LogP contribution is 2.35. The van der Waals surface area contributed by atoms with Crippen LogP contribution in [0, 0.1) is 19.8 Å². The summed E-state index contributed by atoms with van der Waals surface area (Å²) in [5, 5.41) is 6.68. The number of methoxy groups -OCH3 is 1. The molecule has 3 aromatic carbocycles. The molecule has 2 aliphatic heterocycles. The van der Waals surface area contributed by atoms with Crippen molar-refractivity contribution in [1.82, 2.24) is 9.91 Å². The smallest absolute Gasteiger partial charge is 0.257 e. The third kappa shape index (κ3) is 5.94. The van der Waals surface area contributed by atoms with Gasteiger partial charge in [-0.05, 0) is 87.0 Å². The van der Waals surface area contributed by atoms with Crippen LogP contribution in [0.4, 0.5) is 0 Å². The van der Waals surface area contributed by atoms with Gasteiger partial charge in [0.15, 0.2) is 0 Å². The average Bonchev–Trinajstić information content (AvgIpc) is 3.37. The van der Waals surface area contributed by atoms with Gasteiger partial charge in [0.05, 0.1) is 25.4 Å². The number of amides is 1. The Bertz CT molecular complexity index is 1260. The topological polar surface area (TPSA) is 45.1 Å². The maximum atomic E-state index is 13.7. The molecule has 2 heterocycles. The average molecular weight is 496 g/mol. The maximum absolute atomic E-state index is 13.7. The first-order valence-corrected chi connectivity index (χ1v) is 13.4. The van der Waals surface area contributed by atoms with E-state index in [-0.39, 0.29) is 11.9 Å². The van der Waals surface area contributed by atoms with Crippen molar-refractivity contribution >= 4 is 11.6 Å². The summed E-state index contributed by atoms with van der Waals surface area (Å²) in [5.74, 6) is 1.54. The molecule has 0 spiro atoms. The highest BCUT2D eigenvalue weighted by atomic mass is 16.5. The van der Waals surface area contributed by atoms with E-state index in [0.717, 1.165) is 54.9 Å². The lowest BCUT2D eigenvalue weighted by Crippen LogP contribution is -2.42. The molecule has 0 aliphatic carbocycles. The second-order valence-electron chi connectivity index (χ2n) is 10.5. The van der Waals surface area contributed by atoms with Crippen molar-refractivity contribution in [3.05, 3.63) is 101 Å². The van der Waals surface area contributed by atoms with Gasteiger partial charge in [0, 0.05) is 12.0 Å². The number of piperidine rings is 1. The van der Waals surface area contributed by atoms with Crippen molar-refractivity contribution < 1.29 is 9.53 Å². The molecule has 1 atom stereocenters. The third-order valence-electron chi connectivity index (χ3n) is 7.78. The Kier molecular flexibility index (Phi) is 7.71. The zero-order valence-corrected chi connectivity index (χ0v) is 22.2. The van der Waals surface area contributed by atoms with E-state index in [1.165, 1.54) is 16.7 Å². The van der Waals surface area contributed by atoms with E-state index in [1.54, 1.807) is 12.1 Å². The lowest BCUT2D eigenvalue weighted by molar-refractivity contribution is -0.134. The van der Waals surface area contributed by atoms with Gasteiger partial charge in [-0.15, -0.1) is 0 Å². The molecule has 1 fully saturated rings. The number of rotatable bonds is 7. The fraction of sp³-hybridized carbons (Fsp3) is 0.375. The summed E-state index contributed by atoms with van der Waals surface area (Å²) >= 11 is 0. The van der Waals surface area contributed by atoms with E-state index in [0.29, 0.717) is 18.9 Å². The number of hydrazone groups is 1. The molecule has 0 saturated carbocycles. The summed E-state index contributed by atoms with van der Waals surface area (Å²) in [6.07, 6.45) is 4.06. The van der Waals surface area contributed by atoms with Crippen LogP contribution in [0.15, 0.2) is 77.9 Å². The standard InChI is InChI=1S/C32H37N3O2/c1-23-12-13-24(2)29(18-23)30-21-31(27-10-7-11-28(20-27)37-3)35(33-30)32(36)22-34-16-14-26(15-17-34)19-25-8-5-4-6-9-25/h4-13,18,20,26,31H,14-17,19,21-22H2,1-3H3/t31-/m1/s1. The number of aryl methyl sites for hydroxylation is 2. The number of benzene rings is 3. The highest BCUT2D eigenvalue weighted by Gasteiger charge is 2.35. The van der Waals surface area contributed by atoms with Gasteiger partial charge < -0.3 is 4.74 Å². The number of likely N-dealkylation sites (tertiary alicyclic amines) is 1. The van der Waals surface area contributed by atoms with Crippen LogP contribution in [0.5, 0.6) is 5.75 Å². The first-order valence-electron chi connectivity index (χ1n) is 13.4. The molecule has 5 rings (SSSR count). The van der Waals surface area contributed by atoms with Gasteiger partial charge in [-0.1, -0.05) is 60.2 Å². The summed E-state index contributed by atoms with van der Waals surface area (Å²) in [5.41, 5.74) is 6.95. The van der Waals surface area contributed by atoms with Crippen LogP contribution < -0.4 is 4.74 Å². The van der Waals surface area contributed by atoms with Crippen LogP contribution in [-0.4, -0.2) is 48.3 Å². The Hall–Kier alpha value is -3.44. The van der Waals surface area contributed by atoms with Crippen molar-refractivity contribution in [2.24, 2.45) is 11.0 Å². The number of ether oxygens (including phenoxy) is 1. The molecule has 0 radical (unpaired) electrons. The Morgan fingerprint density at radius 1 is 0.973 bits per heavy atom. The molecule has 0 unspecified atom stereocenters. The molecular weight excluding hydrogens is 458 g/mol. The molecule has 2 aliphatic rings. The fourth-order valence-corrected chi connectivity index (χ4v) is 5.62. The van der Waals surface area contributed by atoms with Crippen molar-refractivity contribution in [3.63, 3.8) is 0 Å². The number of nitrogens with zero attached hydrogens (tertiary/aromatic N) is 3. The van der Waals surface area contributed by atoms with E-state index in [4.69, 9.17) is 9.84 Å². The minimum atomic E-state index is -0.131. The zero-order valence-electron chi connectivity index (χ0n) is 22.2. The minimum Gasteiger partial charge on any atom is -0.497 e. The Morgan fingerprint density at radius 2 is 1.76 bits per heavy atom. The van der Waals surface area contributed by atoms with E-state index in [9.17, 15) is 4.79 Å². The number of hydrogen-bond acceptors (Lipinski definition) is 4. The quantitative estimate of drug-likeness (QED) is 0.407. The largest absolute Gasteiger partial charge is 0.497 e. The van der Waals surface area contributed by atoms with Crippen molar-refractivity contribution in [1.29, 1.82) is 0 Å². The molecule has 3 aromatic rings. The zero-order chi connectivity index (χ0) is 25.8. The Labute approximate surface area is 220 Å². The molecule has 0 N–H and O–H groups in total. The fourth-order valence-electron chi connectivity index (χ4n) is 5.62. The Morgan fingerprint density at radius 3 is 2.51 bits per heavy atom. The molecule has 0 aromatic heterocycles. The van der Waals surface area contributed by atoms with Crippen LogP contribution in [-0.2, 0) is 11.2 Å². The van der Waals surface area contributed by atoms with Gasteiger partial charge in [-0.2, -0.15) is 5.10 Å². The van der Waals surface area contributed by atoms with Crippen LogP contribution in [0.2, 0.25) is 0 Å². The van der Waals surface area contributed by atoms with Crippen molar-refractivity contribution in [2.75, 3.05) is 26.7 Å². The van der Waals surface area contributed by atoms with E-state index < -0.39 is 0 Å². The summed E-state index contributed by atoms with van der Waals surface area (Å²) < 4.78 is 5.48. The van der Waals surface area contributed by atoms with Crippen LogP contribution in [0.1, 0.15) is 53.1 Å². The van der Waals surface area contributed by atoms with Gasteiger partial charge in [0.25, 0.3) is 5.91 Å². The molecular formula is C32H37N3O2. The number of carbonyl (C=O) groups is 1. The lowest BCUT2D eigenvalue weighted by Gasteiger charge is -2.33. The van der Waals surface area contributed by atoms with Crippen LogP contribution >= 0.6 is 0 Å². The summed E-state index contributed by atoms with van der Waals surface area (Å²) in [4.78, 5) is 16.0. The second-order valence-corrected chi connectivity index (χ2v) is 10.5. The highest BCUT2D eigenvalue weighted by molar-refractivity contribution is 6.04. The van der Waals surface area contributed by atoms with Crippen molar-refractivity contribution in [2.45, 2.75) is 45.6 Å². The third-order valence-corrected chi connectivity index (χ3v) is 7.78. The van der Waals surface area contributed by atoms with Crippen molar-refractivity contribution in [3.8, 4) is 5.75 Å². The van der Waals surface area contributed by atoms with Gasteiger partial charge in [0.1, 0.15) is 5.75 Å². The summed E-state index contributed by atoms with van der Waals surface area (Å²) in [7, 11) is 1.68. The molecule has 1 amide bonds. The second kappa shape index (κ2) is 11.3. The maximum Gasteiger partial charge on any atom is 0.257 e. The van der Waals surface area contributed by atoms with Gasteiger partial charge in [-0.25, -0.2) is 5.01 Å². The van der Waals surface area contributed by atoms with Gasteiger partial charge in [0.2, 0.25) is 0 Å². The number of carbonyl (C=O) groups excluding carboxylic acids is 1. The normalized spacial score (nSPS) is 18.6. The minimum absolute atomic E-state index is 0.0645. The van der Waals surface area contributed by atoms with E-state index in [2.05, 4.69) is 73.3 Å². The number of hydrogen-bond donors (Lipinski definition) is 0. The molecule has 192 valence electrons. The van der Waals surface area contributed by atoms with Crippen LogP contribution in [0.3, 0.4) is 0 Å². The predicted molar refractivity (Wildman–Crippen MR) is 149 cm³/mol. The summed E-state index contributed by atoms with van der Waals surface area (Å²) in [6, 6.07) is 25.1. The SMILES string of the molecule is COc1cccc([C@H]2CC(c3cc(C)ccc3C)=NN2C(=O)CN2CCC(Cc3ccccc3)CC2)c1. The molecule has 5 nitrogen and oxygen atoms in total. The Balaban J connectivity index is 1.31. The van der Waals surface area contributed by atoms with Gasteiger partial charge in [-0.3, -0.25) is 9.69 Å². The molecule has 1 saturated heterocycles. The first-order chi connectivity index (χ1) is 18.0. The van der Waals surface area contributed by atoms with Gasteiger partial charge >= 0.3 is 0 Å². The molecule has 5 heteroatoms. The lowest BCUT2D eigenvalue weighted by atomic mass is 9.90. The first kappa shape index (κ1) is 25.2. The predicted octanol–water partition coefficient (Wildman–Crippen LogP) is 5.94. The van der Waals surface area contributed by atoms with E-state index in [1.807, 2.05) is 18.2 Å². The summed E-state index contributed by atoms with van der Waals surface area (Å²) in [6.45, 7) is 6.52.